The number of amides is 3. The molecule has 0 spiro atoms. The smallest absolute Gasteiger partial charge is 0.294 e. The van der Waals surface area contributed by atoms with Crippen LogP contribution in [0.5, 0.6) is 5.75 Å². The number of carbonyl (C=O) groups excluding carboxylic acids is 3. The Bertz CT molecular complexity index is 1100. The third kappa shape index (κ3) is 6.36. The lowest BCUT2D eigenvalue weighted by Gasteiger charge is -2.12. The predicted octanol–water partition coefficient (Wildman–Crippen LogP) is 5.19. The number of carbonyl (C=O) groups is 3. The zero-order valence-electron chi connectivity index (χ0n) is 15.7. The van der Waals surface area contributed by atoms with Crippen LogP contribution in [0, 0.1) is 23.1 Å². The average molecular weight is 770 g/mol. The fourth-order valence-electron chi connectivity index (χ4n) is 2.58. The Morgan fingerprint density at radius 3 is 2.42 bits per heavy atom. The predicted molar refractivity (Wildman–Crippen MR) is 147 cm³/mol. The topological polar surface area (TPSA) is 75.7 Å². The van der Waals surface area contributed by atoms with Gasteiger partial charge in [-0.3, -0.25) is 19.3 Å². The standard InChI is InChI=1S/C21H13I3N2O4S/c1-2-7-30-19-15(23)8-12(9-16(19)24)10-17-20(28)26(21(29)31-17)11-18(27)25-14-5-3-13(22)4-6-14/h1,3-6,8-10H,7,11H2,(H,25,27)/b17-10-. The number of terminal acetylenes is 1. The van der Waals surface area contributed by atoms with Gasteiger partial charge in [-0.05, 0) is 128 Å². The highest BCUT2D eigenvalue weighted by molar-refractivity contribution is 14.1. The molecule has 0 aliphatic carbocycles. The zero-order valence-corrected chi connectivity index (χ0v) is 22.9. The molecule has 0 saturated carbocycles. The molecule has 0 unspecified atom stereocenters. The molecular formula is C21H13I3N2O4S. The largest absolute Gasteiger partial charge is 0.479 e. The van der Waals surface area contributed by atoms with Gasteiger partial charge in [-0.1, -0.05) is 5.92 Å². The van der Waals surface area contributed by atoms with Crippen molar-refractivity contribution in [3.05, 3.63) is 57.6 Å². The summed E-state index contributed by atoms with van der Waals surface area (Å²) in [5, 5.41) is 2.21. The van der Waals surface area contributed by atoms with Crippen LogP contribution < -0.4 is 10.1 Å². The first-order chi connectivity index (χ1) is 14.8. The summed E-state index contributed by atoms with van der Waals surface area (Å²) in [6.45, 7) is -0.184. The molecule has 1 saturated heterocycles. The normalized spacial score (nSPS) is 14.6. The van der Waals surface area contributed by atoms with E-state index in [0.717, 1.165) is 32.9 Å². The summed E-state index contributed by atoms with van der Waals surface area (Å²) in [5.41, 5.74) is 1.35. The summed E-state index contributed by atoms with van der Waals surface area (Å²) in [7, 11) is 0. The Hall–Kier alpha value is -1.31. The van der Waals surface area contributed by atoms with E-state index in [-0.39, 0.29) is 18.1 Å². The number of halogens is 3. The maximum Gasteiger partial charge on any atom is 0.294 e. The molecule has 1 fully saturated rings. The van der Waals surface area contributed by atoms with Gasteiger partial charge in [0.2, 0.25) is 5.91 Å². The SMILES string of the molecule is C#CCOc1c(I)cc(/C=C2\SC(=O)N(CC(=O)Nc3ccc(I)cc3)C2=O)cc1I. The van der Waals surface area contributed by atoms with Crippen molar-refractivity contribution < 1.29 is 19.1 Å². The molecule has 1 aliphatic rings. The summed E-state index contributed by atoms with van der Waals surface area (Å²) in [4.78, 5) is 38.6. The average Bonchev–Trinajstić information content (AvgIpc) is 2.96. The molecule has 0 radical (unpaired) electrons. The molecule has 10 heteroatoms. The minimum absolute atomic E-state index is 0.161. The van der Waals surface area contributed by atoms with Gasteiger partial charge >= 0.3 is 0 Å². The number of imide groups is 1. The molecule has 31 heavy (non-hydrogen) atoms. The van der Waals surface area contributed by atoms with E-state index in [1.54, 1.807) is 18.2 Å². The Kier molecular flexibility index (Phi) is 8.65. The number of ether oxygens (including phenoxy) is 1. The third-order valence-corrected chi connectivity index (χ3v) is 7.15. The molecule has 3 rings (SSSR count). The number of hydrogen-bond donors (Lipinski definition) is 1. The van der Waals surface area contributed by atoms with E-state index in [0.29, 0.717) is 11.4 Å². The lowest BCUT2D eigenvalue weighted by Crippen LogP contribution is -2.36. The molecule has 1 aliphatic heterocycles. The van der Waals surface area contributed by atoms with E-state index in [4.69, 9.17) is 11.2 Å². The summed E-state index contributed by atoms with van der Waals surface area (Å²) in [6, 6.07) is 10.9. The maximum absolute atomic E-state index is 12.7. The van der Waals surface area contributed by atoms with Crippen LogP contribution in [0.3, 0.4) is 0 Å². The van der Waals surface area contributed by atoms with E-state index in [1.807, 2.05) is 24.3 Å². The fraction of sp³-hybridized carbons (Fsp3) is 0.0952. The second-order valence-corrected chi connectivity index (χ2v) is 10.7. The van der Waals surface area contributed by atoms with Crippen molar-refractivity contribution in [2.24, 2.45) is 0 Å². The molecule has 2 aromatic rings. The van der Waals surface area contributed by atoms with E-state index in [1.165, 1.54) is 0 Å². The number of thioether (sulfide) groups is 1. The van der Waals surface area contributed by atoms with E-state index < -0.39 is 17.1 Å². The highest BCUT2D eigenvalue weighted by atomic mass is 127. The van der Waals surface area contributed by atoms with Crippen molar-refractivity contribution in [3.8, 4) is 18.1 Å². The van der Waals surface area contributed by atoms with Gasteiger partial charge in [0.1, 0.15) is 18.9 Å². The van der Waals surface area contributed by atoms with Crippen LogP contribution in [-0.4, -0.2) is 35.1 Å². The van der Waals surface area contributed by atoms with Gasteiger partial charge in [-0.15, -0.1) is 6.42 Å². The van der Waals surface area contributed by atoms with Crippen molar-refractivity contribution >= 4 is 108 Å². The Balaban J connectivity index is 1.72. The second kappa shape index (κ2) is 11.0. The molecular weight excluding hydrogens is 757 g/mol. The molecule has 3 amide bonds. The molecule has 1 heterocycles. The molecule has 2 aromatic carbocycles. The summed E-state index contributed by atoms with van der Waals surface area (Å²) in [5.74, 6) is 2.17. The molecule has 0 aromatic heterocycles. The molecule has 0 bridgehead atoms. The van der Waals surface area contributed by atoms with Gasteiger partial charge in [0.05, 0.1) is 12.0 Å². The highest BCUT2D eigenvalue weighted by Gasteiger charge is 2.36. The van der Waals surface area contributed by atoms with Crippen molar-refractivity contribution in [1.29, 1.82) is 0 Å². The van der Waals surface area contributed by atoms with E-state index in [9.17, 15) is 14.4 Å². The highest BCUT2D eigenvalue weighted by Crippen LogP contribution is 2.34. The van der Waals surface area contributed by atoms with Crippen molar-refractivity contribution in [2.75, 3.05) is 18.5 Å². The number of nitrogens with one attached hydrogen (secondary N) is 1. The van der Waals surface area contributed by atoms with Gasteiger partial charge in [-0.25, -0.2) is 0 Å². The van der Waals surface area contributed by atoms with Crippen LogP contribution in [0.25, 0.3) is 6.08 Å². The first kappa shape index (κ1) is 24.3. The number of rotatable bonds is 6. The van der Waals surface area contributed by atoms with Crippen LogP contribution in [0.1, 0.15) is 5.56 Å². The van der Waals surface area contributed by atoms with Crippen molar-refractivity contribution in [3.63, 3.8) is 0 Å². The minimum Gasteiger partial charge on any atom is -0.479 e. The van der Waals surface area contributed by atoms with Crippen LogP contribution in [0.2, 0.25) is 0 Å². The van der Waals surface area contributed by atoms with Gasteiger partial charge in [0.15, 0.2) is 0 Å². The first-order valence-electron chi connectivity index (χ1n) is 8.64. The summed E-state index contributed by atoms with van der Waals surface area (Å²) < 4.78 is 8.25. The molecule has 158 valence electrons. The number of anilines is 1. The quantitative estimate of drug-likeness (QED) is 0.249. The first-order valence-corrected chi connectivity index (χ1v) is 12.7. The van der Waals surface area contributed by atoms with Gasteiger partial charge in [0, 0.05) is 9.26 Å². The van der Waals surface area contributed by atoms with Crippen LogP contribution in [0.4, 0.5) is 10.5 Å². The Morgan fingerprint density at radius 1 is 1.16 bits per heavy atom. The van der Waals surface area contributed by atoms with E-state index >= 15 is 0 Å². The van der Waals surface area contributed by atoms with Gasteiger partial charge in [-0.2, -0.15) is 0 Å². The van der Waals surface area contributed by atoms with Gasteiger partial charge in [0.25, 0.3) is 11.1 Å². The third-order valence-electron chi connectivity index (χ3n) is 3.92. The van der Waals surface area contributed by atoms with Gasteiger partial charge < -0.3 is 10.1 Å². The zero-order chi connectivity index (χ0) is 22.5. The van der Waals surface area contributed by atoms with Crippen molar-refractivity contribution in [2.45, 2.75) is 0 Å². The lowest BCUT2D eigenvalue weighted by molar-refractivity contribution is -0.127. The molecule has 6 nitrogen and oxygen atoms in total. The second-order valence-electron chi connectivity index (χ2n) is 6.13. The fourth-order valence-corrected chi connectivity index (χ4v) is 5.91. The summed E-state index contributed by atoms with van der Waals surface area (Å²) >= 11 is 7.23. The summed E-state index contributed by atoms with van der Waals surface area (Å²) in [6.07, 6.45) is 6.88. The van der Waals surface area contributed by atoms with E-state index in [2.05, 4.69) is 79.0 Å². The Morgan fingerprint density at radius 2 is 1.81 bits per heavy atom. The van der Waals surface area contributed by atoms with Crippen molar-refractivity contribution in [1.82, 2.24) is 4.90 Å². The monoisotopic (exact) mass is 770 g/mol. The lowest BCUT2D eigenvalue weighted by atomic mass is 10.2. The minimum atomic E-state index is -0.495. The molecule has 1 N–H and O–H groups in total. The maximum atomic E-state index is 12.7. The van der Waals surface area contributed by atoms with Crippen LogP contribution in [0.15, 0.2) is 41.3 Å². The van der Waals surface area contributed by atoms with Crippen LogP contribution in [-0.2, 0) is 9.59 Å². The Labute approximate surface area is 224 Å². The number of hydrogen-bond acceptors (Lipinski definition) is 5. The number of nitrogens with zero attached hydrogens (tertiary/aromatic N) is 1. The van der Waals surface area contributed by atoms with Crippen LogP contribution >= 0.6 is 79.5 Å². The molecule has 0 atom stereocenters. The number of benzene rings is 2.